The molecule has 0 aliphatic heterocycles. The van der Waals surface area contributed by atoms with Gasteiger partial charge in [0, 0.05) is 0 Å². The van der Waals surface area contributed by atoms with Gasteiger partial charge in [0.1, 0.15) is 0 Å². The fourth-order valence-electron chi connectivity index (χ4n) is 0. The molecule has 0 aliphatic carbocycles. The summed E-state index contributed by atoms with van der Waals surface area (Å²) < 4.78 is 8.26. The van der Waals surface area contributed by atoms with Gasteiger partial charge in [-0.2, -0.15) is 0 Å². The first kappa shape index (κ1) is 39.7. The first-order valence-corrected chi connectivity index (χ1v) is 0.986. The minimum atomic E-state index is 0. The second-order valence-corrected chi connectivity index (χ2v) is 0. The Morgan fingerprint density at radius 2 is 0.667 bits per heavy atom. The Balaban J connectivity index is -0.000000000833. The summed E-state index contributed by atoms with van der Waals surface area (Å²) in [6.07, 6.45) is 0. The molecule has 6 heteroatoms. The van der Waals surface area contributed by atoms with E-state index >= 15 is 0 Å². The fourth-order valence-corrected chi connectivity index (χ4v) is 0. The van der Waals surface area contributed by atoms with Crippen molar-refractivity contribution in [1.82, 2.24) is 0 Å². The normalized spacial score (nSPS) is 1.00. The zero-order chi connectivity index (χ0) is 2.00. The Hall–Kier alpha value is 2.41. The van der Waals surface area contributed by atoms with Crippen molar-refractivity contribution in [1.29, 1.82) is 0 Å². The summed E-state index contributed by atoms with van der Waals surface area (Å²) in [5.41, 5.74) is 0. The van der Waals surface area contributed by atoms with Crippen molar-refractivity contribution in [3.05, 3.63) is 0 Å². The van der Waals surface area contributed by atoms with Crippen LogP contribution in [-0.2, 0) is 23.2 Å². The van der Waals surface area contributed by atoms with Gasteiger partial charge in [0.15, 0.2) is 0 Å². The second kappa shape index (κ2) is 52.5. The number of rotatable bonds is 0. The molecule has 0 aromatic rings. The molecule has 6 heavy (non-hydrogen) atoms. The van der Waals surface area contributed by atoms with Gasteiger partial charge in [0.2, 0.25) is 0 Å². The molecule has 0 spiro atoms. The Kier molecular flexibility index (Phi) is 347. The van der Waals surface area contributed by atoms with Gasteiger partial charge in [-0.05, 0) is 0 Å². The van der Waals surface area contributed by atoms with E-state index in [9.17, 15) is 0 Å². The van der Waals surface area contributed by atoms with E-state index in [-0.39, 0.29) is 67.9 Å². The van der Waals surface area contributed by atoms with Crippen molar-refractivity contribution in [2.24, 2.45) is 0 Å². The van der Waals surface area contributed by atoms with Crippen LogP contribution in [-0.4, -0.2) is 0 Å². The third kappa shape index (κ3) is 32.3. The Morgan fingerprint density at radius 1 is 0.667 bits per heavy atom. The fraction of sp³-hybridized carbons (Fsp3) is 0. The van der Waals surface area contributed by atoms with Crippen LogP contribution >= 0.6 is 0 Å². The molecule has 0 saturated carbocycles. The molecule has 0 rings (SSSR count). The summed E-state index contributed by atoms with van der Waals surface area (Å²) in [7, 11) is 0. The molecule has 1 nitrogen and oxygen atoms in total. The standard InChI is InChI=1S/4BrH.Mo.O/h4*1H;;/q;;;;+4;/p-4. The zero-order valence-corrected chi connectivity index (χ0v) is 10.7. The van der Waals surface area contributed by atoms with Gasteiger partial charge >= 0.3 is 23.2 Å². The molecular weight excluding hydrogens is 432 g/mol. The van der Waals surface area contributed by atoms with Crippen LogP contribution in [0.3, 0.4) is 0 Å². The van der Waals surface area contributed by atoms with E-state index < -0.39 is 0 Å². The van der Waals surface area contributed by atoms with Crippen molar-refractivity contribution in [3.63, 3.8) is 0 Å². The van der Waals surface area contributed by atoms with Crippen LogP contribution in [0.2, 0.25) is 0 Å². The molecule has 40 valence electrons. The van der Waals surface area contributed by atoms with Crippen LogP contribution in [0.15, 0.2) is 0 Å². The first-order valence-electron chi connectivity index (χ1n) is 0.167. The van der Waals surface area contributed by atoms with Crippen molar-refractivity contribution < 1.29 is 91.1 Å². The van der Waals surface area contributed by atoms with E-state index in [0.29, 0.717) is 19.8 Å². The van der Waals surface area contributed by atoms with E-state index in [1.807, 2.05) is 0 Å². The molecule has 0 aromatic carbocycles. The van der Waals surface area contributed by atoms with Gasteiger partial charge in [0.05, 0.1) is 0 Å². The molecule has 0 aliphatic rings. The summed E-state index contributed by atoms with van der Waals surface area (Å²) in [5.74, 6) is 0. The SMILES string of the molecule is [Br-].[Br-].[Br-].[Br-].[O]=[Mo+4]. The first-order chi connectivity index (χ1) is 1.00. The zero-order valence-electron chi connectivity index (χ0n) is 2.33. The topological polar surface area (TPSA) is 17.1 Å². The molecule has 0 atom stereocenters. The van der Waals surface area contributed by atoms with Gasteiger partial charge in [-0.3, -0.25) is 0 Å². The van der Waals surface area contributed by atoms with Gasteiger partial charge in [-0.15, -0.1) is 0 Å². The third-order valence-corrected chi connectivity index (χ3v) is 0. The Morgan fingerprint density at radius 3 is 0.667 bits per heavy atom. The number of halogens is 4. The maximum absolute atomic E-state index is 8.26. The average Bonchev–Trinajstić information content (AvgIpc) is 1.00. The second-order valence-electron chi connectivity index (χ2n) is 0. The molecule has 0 heterocycles. The third-order valence-electron chi connectivity index (χ3n) is 0. The predicted molar refractivity (Wildman–Crippen MR) is 0.686 cm³/mol. The summed E-state index contributed by atoms with van der Waals surface area (Å²) in [6, 6.07) is 0. The van der Waals surface area contributed by atoms with E-state index in [1.54, 1.807) is 0 Å². The molecular formula is Br4MoO. The molecule has 0 fully saturated rings. The molecule has 0 saturated heterocycles. The van der Waals surface area contributed by atoms with Crippen molar-refractivity contribution in [2.45, 2.75) is 0 Å². The molecule has 0 amide bonds. The van der Waals surface area contributed by atoms with Gasteiger partial charge in [-0.25, -0.2) is 0 Å². The van der Waals surface area contributed by atoms with Crippen LogP contribution in [0.25, 0.3) is 0 Å². The van der Waals surface area contributed by atoms with E-state index in [2.05, 4.69) is 0 Å². The molecule has 0 unspecified atom stereocenters. The quantitative estimate of drug-likeness (QED) is 0.348. The molecule has 0 radical (unpaired) electrons. The van der Waals surface area contributed by atoms with Crippen molar-refractivity contribution >= 4 is 0 Å². The number of hydrogen-bond donors (Lipinski definition) is 0. The van der Waals surface area contributed by atoms with Crippen LogP contribution in [0.5, 0.6) is 0 Å². The Labute approximate surface area is 89.9 Å². The summed E-state index contributed by atoms with van der Waals surface area (Å²) in [5, 5.41) is 0. The summed E-state index contributed by atoms with van der Waals surface area (Å²) in [6.45, 7) is 0. The minimum absolute atomic E-state index is 0. The van der Waals surface area contributed by atoms with Crippen LogP contribution < -0.4 is 67.9 Å². The number of hydrogen-bond acceptors (Lipinski definition) is 1. The summed E-state index contributed by atoms with van der Waals surface area (Å²) in [4.78, 5) is 0. The monoisotopic (exact) mass is 430 g/mol. The van der Waals surface area contributed by atoms with Crippen LogP contribution in [0.4, 0.5) is 0 Å². The molecule has 0 aromatic heterocycles. The molecule has 0 bridgehead atoms. The van der Waals surface area contributed by atoms with Crippen LogP contribution in [0, 0.1) is 0 Å². The van der Waals surface area contributed by atoms with Gasteiger partial charge in [-0.1, -0.05) is 0 Å². The maximum atomic E-state index is 8.26. The van der Waals surface area contributed by atoms with E-state index in [1.165, 1.54) is 0 Å². The average molecular weight is 432 g/mol. The summed E-state index contributed by atoms with van der Waals surface area (Å²) >= 11 is 0.700. The van der Waals surface area contributed by atoms with E-state index in [0.717, 1.165) is 0 Å². The van der Waals surface area contributed by atoms with Gasteiger partial charge in [0.25, 0.3) is 0 Å². The van der Waals surface area contributed by atoms with E-state index in [4.69, 9.17) is 3.40 Å². The van der Waals surface area contributed by atoms with Crippen LogP contribution in [0.1, 0.15) is 0 Å². The van der Waals surface area contributed by atoms with Crippen molar-refractivity contribution in [2.75, 3.05) is 0 Å². The Bertz CT molecular complexity index is 7.51. The molecule has 0 N–H and O–H groups in total. The van der Waals surface area contributed by atoms with Gasteiger partial charge < -0.3 is 67.9 Å². The predicted octanol–water partition coefficient (Wildman–Crippen LogP) is -12.1. The van der Waals surface area contributed by atoms with Crippen molar-refractivity contribution in [3.8, 4) is 0 Å².